The highest BCUT2D eigenvalue weighted by Crippen LogP contribution is 2.15. The molecule has 2 unspecified atom stereocenters. The number of hydrogen-bond acceptors (Lipinski definition) is 3. The van der Waals surface area contributed by atoms with Crippen molar-refractivity contribution >= 4 is 5.91 Å². The van der Waals surface area contributed by atoms with E-state index < -0.39 is 12.1 Å². The van der Waals surface area contributed by atoms with Gasteiger partial charge in [0.25, 0.3) is 0 Å². The number of aliphatic hydroxyl groups excluding tert-OH is 2. The summed E-state index contributed by atoms with van der Waals surface area (Å²) in [6.45, 7) is 4.31. The van der Waals surface area contributed by atoms with Crippen molar-refractivity contribution in [3.05, 3.63) is 60.8 Å². The molecule has 1 amide bonds. The van der Waals surface area contributed by atoms with E-state index in [9.17, 15) is 15.0 Å². The van der Waals surface area contributed by atoms with Crippen molar-refractivity contribution in [2.75, 3.05) is 6.61 Å². The van der Waals surface area contributed by atoms with Crippen molar-refractivity contribution in [2.24, 2.45) is 0 Å². The molecule has 0 aromatic rings. The van der Waals surface area contributed by atoms with E-state index in [1.54, 1.807) is 6.08 Å². The van der Waals surface area contributed by atoms with E-state index in [0.29, 0.717) is 6.42 Å². The Balaban J connectivity index is 3.58. The number of nitrogens with one attached hydrogen (secondary N) is 1. The van der Waals surface area contributed by atoms with Crippen LogP contribution in [0.4, 0.5) is 0 Å². The summed E-state index contributed by atoms with van der Waals surface area (Å²) >= 11 is 0. The summed E-state index contributed by atoms with van der Waals surface area (Å²) in [6, 6.07) is -0.649. The van der Waals surface area contributed by atoms with Crippen LogP contribution in [0.25, 0.3) is 0 Å². The predicted octanol–water partition coefficient (Wildman–Crippen LogP) is 18.0. The van der Waals surface area contributed by atoms with E-state index in [-0.39, 0.29) is 12.5 Å². The smallest absolute Gasteiger partial charge is 0.220 e. The third-order valence-electron chi connectivity index (χ3n) is 12.5. The third kappa shape index (κ3) is 49.1. The average molecular weight is 866 g/mol. The summed E-state index contributed by atoms with van der Waals surface area (Å²) in [5, 5.41) is 23.1. The molecule has 0 aliphatic heterocycles. The van der Waals surface area contributed by atoms with E-state index in [1.807, 2.05) is 6.08 Å². The van der Waals surface area contributed by atoms with Gasteiger partial charge in [-0.25, -0.2) is 0 Å². The average Bonchev–Trinajstić information content (AvgIpc) is 3.28. The van der Waals surface area contributed by atoms with Crippen LogP contribution in [-0.4, -0.2) is 34.9 Å². The van der Waals surface area contributed by atoms with Gasteiger partial charge in [0.1, 0.15) is 0 Å². The van der Waals surface area contributed by atoms with Gasteiger partial charge < -0.3 is 15.5 Å². The minimum absolute atomic E-state index is 0.0789. The molecule has 0 aliphatic carbocycles. The molecular formula is C58H107NO3. The van der Waals surface area contributed by atoms with Crippen molar-refractivity contribution < 1.29 is 15.0 Å². The minimum Gasteiger partial charge on any atom is -0.394 e. The van der Waals surface area contributed by atoms with Crippen molar-refractivity contribution in [3.8, 4) is 0 Å². The van der Waals surface area contributed by atoms with E-state index in [1.165, 1.54) is 218 Å². The Labute approximate surface area is 387 Å². The Morgan fingerprint density at radius 3 is 1.03 bits per heavy atom. The Morgan fingerprint density at radius 1 is 0.387 bits per heavy atom. The Hall–Kier alpha value is -1.91. The molecule has 4 heteroatoms. The highest BCUT2D eigenvalue weighted by molar-refractivity contribution is 5.76. The highest BCUT2D eigenvalue weighted by Gasteiger charge is 2.17. The first kappa shape index (κ1) is 60.1. The number of carbonyl (C=O) groups excluding carboxylic acids is 1. The van der Waals surface area contributed by atoms with Crippen LogP contribution in [0.3, 0.4) is 0 Å². The van der Waals surface area contributed by atoms with Crippen LogP contribution >= 0.6 is 0 Å². The van der Waals surface area contributed by atoms with Gasteiger partial charge in [-0.05, 0) is 77.0 Å². The second-order valence-corrected chi connectivity index (χ2v) is 18.6. The molecule has 3 N–H and O–H groups in total. The minimum atomic E-state index is -0.874. The molecule has 0 spiro atoms. The van der Waals surface area contributed by atoms with Crippen LogP contribution in [0.2, 0.25) is 0 Å². The first-order chi connectivity index (χ1) is 30.7. The molecule has 0 saturated heterocycles. The lowest BCUT2D eigenvalue weighted by Gasteiger charge is -2.19. The summed E-state index contributed by atoms with van der Waals surface area (Å²) in [6.07, 6.45) is 75.2. The monoisotopic (exact) mass is 866 g/mol. The lowest BCUT2D eigenvalue weighted by Crippen LogP contribution is -2.45. The highest BCUT2D eigenvalue weighted by atomic mass is 16.3. The third-order valence-corrected chi connectivity index (χ3v) is 12.5. The maximum absolute atomic E-state index is 12.5. The Bertz CT molecular complexity index is 1030. The zero-order valence-electron chi connectivity index (χ0n) is 41.6. The first-order valence-electron chi connectivity index (χ1n) is 27.5. The van der Waals surface area contributed by atoms with Crippen LogP contribution in [0, 0.1) is 0 Å². The second-order valence-electron chi connectivity index (χ2n) is 18.6. The van der Waals surface area contributed by atoms with Crippen molar-refractivity contribution in [3.63, 3.8) is 0 Å². The van der Waals surface area contributed by atoms with Gasteiger partial charge in [-0.1, -0.05) is 261 Å². The standard InChI is InChI=1S/C58H107NO3/c1-3-5-7-9-11-13-15-17-19-21-23-25-27-28-29-30-32-34-36-38-40-42-44-46-48-50-52-54-58(62)59-56(55-60)57(61)53-51-49-47-45-43-41-39-37-35-33-31-26-24-22-20-18-16-14-12-10-8-6-4-2/h23,25,28-29,35,37,43,45,51,53,56-57,60-61H,3-22,24,26-27,30-34,36,38-42,44,46-50,52,54-55H2,1-2H3,(H,59,62)/b25-23-,29-28-,37-35+,45-43+,53-51+. The van der Waals surface area contributed by atoms with Crippen LogP contribution in [0.5, 0.6) is 0 Å². The molecule has 362 valence electrons. The molecule has 0 aromatic heterocycles. The lowest BCUT2D eigenvalue weighted by molar-refractivity contribution is -0.123. The summed E-state index contributed by atoms with van der Waals surface area (Å²) in [5.74, 6) is -0.0789. The van der Waals surface area contributed by atoms with Gasteiger partial charge in [-0.2, -0.15) is 0 Å². The molecule has 0 saturated carbocycles. The van der Waals surface area contributed by atoms with Gasteiger partial charge in [-0.15, -0.1) is 0 Å². The van der Waals surface area contributed by atoms with E-state index in [4.69, 9.17) is 0 Å². The largest absolute Gasteiger partial charge is 0.394 e. The molecule has 0 aliphatic rings. The van der Waals surface area contributed by atoms with Crippen LogP contribution < -0.4 is 5.32 Å². The number of rotatable bonds is 50. The van der Waals surface area contributed by atoms with Crippen molar-refractivity contribution in [1.29, 1.82) is 0 Å². The zero-order chi connectivity index (χ0) is 44.9. The van der Waals surface area contributed by atoms with Crippen molar-refractivity contribution in [1.82, 2.24) is 5.32 Å². The summed E-state index contributed by atoms with van der Waals surface area (Å²) in [5.41, 5.74) is 0. The van der Waals surface area contributed by atoms with Crippen LogP contribution in [0.1, 0.15) is 284 Å². The zero-order valence-corrected chi connectivity index (χ0v) is 41.6. The number of allylic oxidation sites excluding steroid dienone is 9. The Morgan fingerprint density at radius 2 is 0.677 bits per heavy atom. The number of hydrogen-bond donors (Lipinski definition) is 3. The van der Waals surface area contributed by atoms with Gasteiger partial charge in [-0.3, -0.25) is 4.79 Å². The molecule has 62 heavy (non-hydrogen) atoms. The molecule has 0 fully saturated rings. The van der Waals surface area contributed by atoms with Crippen molar-refractivity contribution in [2.45, 2.75) is 296 Å². The molecule has 0 rings (SSSR count). The molecular weight excluding hydrogens is 759 g/mol. The molecule has 2 atom stereocenters. The molecule has 0 aromatic carbocycles. The number of unbranched alkanes of at least 4 members (excludes halogenated alkanes) is 35. The van der Waals surface area contributed by atoms with Gasteiger partial charge in [0.2, 0.25) is 5.91 Å². The van der Waals surface area contributed by atoms with Gasteiger partial charge in [0, 0.05) is 6.42 Å². The lowest BCUT2D eigenvalue weighted by atomic mass is 10.0. The normalized spacial score (nSPS) is 13.3. The maximum atomic E-state index is 12.5. The maximum Gasteiger partial charge on any atom is 0.220 e. The van der Waals surface area contributed by atoms with E-state index in [0.717, 1.165) is 44.9 Å². The SMILES string of the molecule is CCCCCCCCCCC/C=C\C/C=C\CCCCCCCCCCCCCC(=O)NC(CO)C(O)/C=C/CC/C=C/CC/C=C/CCCCCCCCCCCCCCC. The Kier molecular flexibility index (Phi) is 51.8. The number of amides is 1. The fourth-order valence-electron chi connectivity index (χ4n) is 8.24. The van der Waals surface area contributed by atoms with Crippen LogP contribution in [0.15, 0.2) is 60.8 Å². The van der Waals surface area contributed by atoms with E-state index in [2.05, 4.69) is 67.8 Å². The van der Waals surface area contributed by atoms with Gasteiger partial charge >= 0.3 is 0 Å². The molecule has 0 bridgehead atoms. The predicted molar refractivity (Wildman–Crippen MR) is 276 cm³/mol. The second kappa shape index (κ2) is 53.4. The van der Waals surface area contributed by atoms with Crippen LogP contribution in [-0.2, 0) is 4.79 Å². The fourth-order valence-corrected chi connectivity index (χ4v) is 8.24. The summed E-state index contributed by atoms with van der Waals surface area (Å²) in [4.78, 5) is 12.5. The number of carbonyl (C=O) groups is 1. The quantitative estimate of drug-likeness (QED) is 0.0421. The fraction of sp³-hybridized carbons (Fsp3) is 0.810. The molecule has 0 radical (unpaired) electrons. The molecule has 4 nitrogen and oxygen atoms in total. The molecule has 0 heterocycles. The number of aliphatic hydroxyl groups is 2. The van der Waals surface area contributed by atoms with Gasteiger partial charge in [0.05, 0.1) is 18.8 Å². The van der Waals surface area contributed by atoms with Gasteiger partial charge in [0.15, 0.2) is 0 Å². The summed E-state index contributed by atoms with van der Waals surface area (Å²) in [7, 11) is 0. The van der Waals surface area contributed by atoms with E-state index >= 15 is 0 Å². The topological polar surface area (TPSA) is 69.6 Å². The summed E-state index contributed by atoms with van der Waals surface area (Å²) < 4.78 is 0. The first-order valence-corrected chi connectivity index (χ1v) is 27.5.